The van der Waals surface area contributed by atoms with Gasteiger partial charge in [0.15, 0.2) is 0 Å². The molecule has 16 heteroatoms. The summed E-state index contributed by atoms with van der Waals surface area (Å²) >= 11 is 1.22. The summed E-state index contributed by atoms with van der Waals surface area (Å²) in [5.41, 5.74) is 0.587. The number of imide groups is 2. The number of carboxylic acids is 1. The van der Waals surface area contributed by atoms with E-state index in [-0.39, 0.29) is 48.8 Å². The minimum atomic E-state index is -1.35. The number of para-hydroxylation sites is 1. The number of urea groups is 2. The van der Waals surface area contributed by atoms with E-state index < -0.39 is 59.1 Å². The molecule has 3 heterocycles. The molecular weight excluding hydrogens is 572 g/mol. The number of β-lactam (4-membered cyclic amide) rings is 1. The van der Waals surface area contributed by atoms with E-state index in [9.17, 15) is 38.7 Å². The van der Waals surface area contributed by atoms with Gasteiger partial charge in [0.1, 0.15) is 29.6 Å². The quantitative estimate of drug-likeness (QED) is 0.277. The topological polar surface area (TPSA) is 207 Å². The van der Waals surface area contributed by atoms with Gasteiger partial charge in [-0.1, -0.05) is 18.2 Å². The van der Waals surface area contributed by atoms with E-state index in [0.29, 0.717) is 5.56 Å². The molecule has 0 aromatic heterocycles. The number of esters is 1. The fourth-order valence-electron chi connectivity index (χ4n) is 4.58. The largest absolute Gasteiger partial charge is 0.477 e. The summed E-state index contributed by atoms with van der Waals surface area (Å²) in [5, 5.41) is 23.1. The highest BCUT2D eigenvalue weighted by Gasteiger charge is 2.54. The van der Waals surface area contributed by atoms with E-state index in [2.05, 4.69) is 10.6 Å². The van der Waals surface area contributed by atoms with Crippen LogP contribution < -0.4 is 10.6 Å². The Morgan fingerprint density at radius 1 is 1.17 bits per heavy atom. The maximum absolute atomic E-state index is 12.9. The van der Waals surface area contributed by atoms with E-state index in [1.807, 2.05) is 0 Å². The van der Waals surface area contributed by atoms with Crippen molar-refractivity contribution in [3.8, 4) is 6.07 Å². The lowest BCUT2D eigenvalue weighted by molar-refractivity contribution is -0.151. The van der Waals surface area contributed by atoms with E-state index in [0.717, 1.165) is 14.7 Å². The first-order chi connectivity index (χ1) is 19.9. The predicted octanol–water partition coefficient (Wildman–Crippen LogP) is 0.487. The second-order valence-corrected chi connectivity index (χ2v) is 10.6. The van der Waals surface area contributed by atoms with E-state index in [1.165, 1.54) is 31.7 Å². The van der Waals surface area contributed by atoms with Crippen molar-refractivity contribution >= 4 is 59.2 Å². The normalized spacial score (nSPS) is 20.3. The maximum atomic E-state index is 12.9. The molecule has 3 aliphatic rings. The summed E-state index contributed by atoms with van der Waals surface area (Å²) in [6.07, 6.45) is -0.255. The molecule has 2 saturated heterocycles. The summed E-state index contributed by atoms with van der Waals surface area (Å²) in [4.78, 5) is 89.2. The molecule has 0 spiro atoms. The second-order valence-electron chi connectivity index (χ2n) is 9.53. The molecule has 4 rings (SSSR count). The van der Waals surface area contributed by atoms with Crippen molar-refractivity contribution < 1.29 is 43.4 Å². The van der Waals surface area contributed by atoms with Gasteiger partial charge in [0.2, 0.25) is 11.8 Å². The lowest BCUT2D eigenvalue weighted by Crippen LogP contribution is -2.70. The number of fused-ring (bicyclic) bond motifs is 1. The second kappa shape index (κ2) is 12.3. The summed E-state index contributed by atoms with van der Waals surface area (Å²) in [7, 11) is 0. The molecule has 0 aliphatic carbocycles. The Bertz CT molecular complexity index is 1450. The Labute approximate surface area is 243 Å². The van der Waals surface area contributed by atoms with E-state index in [1.54, 1.807) is 24.3 Å². The zero-order chi connectivity index (χ0) is 30.7. The van der Waals surface area contributed by atoms with Gasteiger partial charge >= 0.3 is 24.0 Å². The number of nitrogens with one attached hydrogen (secondary N) is 2. The number of nitrogens with zero attached hydrogens (tertiary/aromatic N) is 4. The number of hydrogen-bond donors (Lipinski definition) is 3. The number of thioether (sulfide) groups is 1. The third-order valence-electron chi connectivity index (χ3n) is 6.71. The standard InChI is InChI=1S/C26H26N6O9S/c1-13(10-27)21(35)30-7-8-31(26(30)40)25(39)28-17-6-4-3-5-15(17)9-18(34)29-19-22(36)32-20(24(37)38)16(11-41-14(2)33)12-42-23(19)32/h3-6,13,19,23H,7-9,11-12H2,1-2H3,(H,28,39)(H,29,34)(H,37,38)/t13?,19?,23-/m1/s1. The van der Waals surface area contributed by atoms with Crippen molar-refractivity contribution in [3.63, 3.8) is 0 Å². The first-order valence-electron chi connectivity index (χ1n) is 12.7. The van der Waals surface area contributed by atoms with Crippen LogP contribution in [0.25, 0.3) is 0 Å². The number of amides is 7. The molecule has 0 bridgehead atoms. The van der Waals surface area contributed by atoms with Gasteiger partial charge in [-0.15, -0.1) is 11.8 Å². The number of aliphatic carboxylic acids is 1. The van der Waals surface area contributed by atoms with Gasteiger partial charge < -0.3 is 20.5 Å². The zero-order valence-corrected chi connectivity index (χ0v) is 23.3. The SMILES string of the molecule is CC(=O)OCC1=C(C(=O)O)N2C(=O)C(NC(=O)Cc3ccccc3NC(=O)N3CCN(C(=O)C(C)C#N)C3=O)[C@H]2SC1. The molecule has 2 unspecified atom stereocenters. The maximum Gasteiger partial charge on any atom is 0.352 e. The Morgan fingerprint density at radius 2 is 1.86 bits per heavy atom. The molecule has 42 heavy (non-hydrogen) atoms. The Morgan fingerprint density at radius 3 is 2.52 bits per heavy atom. The molecular formula is C26H26N6O9S. The van der Waals surface area contributed by atoms with Gasteiger partial charge in [0, 0.05) is 30.5 Å². The van der Waals surface area contributed by atoms with Crippen LogP contribution in [-0.2, 0) is 35.1 Å². The van der Waals surface area contributed by atoms with Gasteiger partial charge in [-0.3, -0.25) is 29.0 Å². The first kappa shape index (κ1) is 30.1. The predicted molar refractivity (Wildman–Crippen MR) is 144 cm³/mol. The van der Waals surface area contributed by atoms with Gasteiger partial charge in [-0.25, -0.2) is 19.3 Å². The fraction of sp³-hybridized carbons (Fsp3) is 0.385. The van der Waals surface area contributed by atoms with Crippen LogP contribution in [0.4, 0.5) is 15.3 Å². The lowest BCUT2D eigenvalue weighted by Gasteiger charge is -2.49. The average Bonchev–Trinajstić information content (AvgIpc) is 3.35. The molecule has 1 aromatic rings. The fourth-order valence-corrected chi connectivity index (χ4v) is 5.91. The highest BCUT2D eigenvalue weighted by Crippen LogP contribution is 2.40. The number of hydrogen-bond acceptors (Lipinski definition) is 10. The number of carbonyl (C=O) groups is 7. The van der Waals surface area contributed by atoms with E-state index >= 15 is 0 Å². The number of ether oxygens (including phenoxy) is 1. The molecule has 7 amide bonds. The zero-order valence-electron chi connectivity index (χ0n) is 22.5. The highest BCUT2D eigenvalue weighted by atomic mass is 32.2. The van der Waals surface area contributed by atoms with Gasteiger partial charge in [0.05, 0.1) is 19.0 Å². The van der Waals surface area contributed by atoms with Crippen molar-refractivity contribution in [2.45, 2.75) is 31.7 Å². The third-order valence-corrected chi connectivity index (χ3v) is 8.05. The van der Waals surface area contributed by atoms with Crippen molar-refractivity contribution in [1.82, 2.24) is 20.0 Å². The molecule has 3 atom stereocenters. The van der Waals surface area contributed by atoms with Crippen LogP contribution in [0.1, 0.15) is 19.4 Å². The van der Waals surface area contributed by atoms with Crippen molar-refractivity contribution in [3.05, 3.63) is 41.1 Å². The summed E-state index contributed by atoms with van der Waals surface area (Å²) in [6.45, 7) is 2.13. The lowest BCUT2D eigenvalue weighted by atomic mass is 10.0. The van der Waals surface area contributed by atoms with Crippen molar-refractivity contribution in [1.29, 1.82) is 5.26 Å². The minimum Gasteiger partial charge on any atom is -0.477 e. The van der Waals surface area contributed by atoms with Gasteiger partial charge in [0.25, 0.3) is 5.91 Å². The van der Waals surface area contributed by atoms with Gasteiger partial charge in [-0.05, 0) is 18.6 Å². The van der Waals surface area contributed by atoms with Crippen molar-refractivity contribution in [2.75, 3.05) is 30.8 Å². The van der Waals surface area contributed by atoms with Crippen LogP contribution in [0.3, 0.4) is 0 Å². The first-order valence-corrected chi connectivity index (χ1v) is 13.7. The van der Waals surface area contributed by atoms with Crippen LogP contribution in [0, 0.1) is 17.2 Å². The molecule has 1 aromatic carbocycles. The third kappa shape index (κ3) is 5.91. The van der Waals surface area contributed by atoms with E-state index in [4.69, 9.17) is 10.00 Å². The summed E-state index contributed by atoms with van der Waals surface area (Å²) in [6, 6.07) is 5.40. The Balaban J connectivity index is 1.39. The molecule has 2 fully saturated rings. The number of anilines is 1. The number of carboxylic acid groups (broad SMARTS) is 1. The van der Waals surface area contributed by atoms with Crippen LogP contribution in [0.2, 0.25) is 0 Å². The monoisotopic (exact) mass is 598 g/mol. The number of carbonyl (C=O) groups excluding carboxylic acids is 6. The van der Waals surface area contributed by atoms with Crippen molar-refractivity contribution in [2.24, 2.45) is 5.92 Å². The summed E-state index contributed by atoms with van der Waals surface area (Å²) in [5.74, 6) is -4.72. The molecule has 3 N–H and O–H groups in total. The number of rotatable bonds is 8. The summed E-state index contributed by atoms with van der Waals surface area (Å²) < 4.78 is 4.91. The van der Waals surface area contributed by atoms with Crippen LogP contribution in [0.15, 0.2) is 35.5 Å². The smallest absolute Gasteiger partial charge is 0.352 e. The molecule has 0 radical (unpaired) electrons. The van der Waals surface area contributed by atoms with Crippen LogP contribution in [-0.4, -0.2) is 98.4 Å². The van der Waals surface area contributed by atoms with Gasteiger partial charge in [-0.2, -0.15) is 5.26 Å². The minimum absolute atomic E-state index is 0.0587. The molecule has 0 saturated carbocycles. The van der Waals surface area contributed by atoms with Crippen LogP contribution >= 0.6 is 11.8 Å². The number of nitriles is 1. The Hall–Kier alpha value is -4.91. The molecule has 15 nitrogen and oxygen atoms in total. The average molecular weight is 599 g/mol. The highest BCUT2D eigenvalue weighted by molar-refractivity contribution is 8.00. The Kier molecular flexibility index (Phi) is 8.81. The molecule has 3 aliphatic heterocycles. The molecule has 220 valence electrons. The number of benzene rings is 1. The van der Waals surface area contributed by atoms with Crippen LogP contribution in [0.5, 0.6) is 0 Å².